The summed E-state index contributed by atoms with van der Waals surface area (Å²) in [4.78, 5) is 27.4. The van der Waals surface area contributed by atoms with E-state index in [0.717, 1.165) is 12.8 Å². The van der Waals surface area contributed by atoms with Crippen LogP contribution in [0.15, 0.2) is 48.5 Å². The van der Waals surface area contributed by atoms with Crippen LogP contribution in [-0.2, 0) is 0 Å². The lowest BCUT2D eigenvalue weighted by Gasteiger charge is -2.07. The third-order valence-corrected chi connectivity index (χ3v) is 4.12. The van der Waals surface area contributed by atoms with E-state index in [1.807, 2.05) is 0 Å². The normalized spacial score (nSPS) is 13.6. The minimum absolute atomic E-state index is 0.139. The Morgan fingerprint density at radius 3 is 2.68 bits per heavy atom. The van der Waals surface area contributed by atoms with Gasteiger partial charge in [-0.2, -0.15) is 0 Å². The van der Waals surface area contributed by atoms with Gasteiger partial charge in [-0.1, -0.05) is 6.07 Å². The largest absolute Gasteiger partial charge is 0.351 e. The average molecular weight is 337 g/mol. The number of carbonyl (C=O) groups is 2. The fourth-order valence-corrected chi connectivity index (χ4v) is 2.66. The minimum atomic E-state index is -0.354. The third-order valence-electron chi connectivity index (χ3n) is 4.12. The van der Waals surface area contributed by atoms with Gasteiger partial charge in [0, 0.05) is 28.2 Å². The molecule has 1 saturated carbocycles. The number of carbonyl (C=O) groups excluding carboxylic acids is 2. The van der Waals surface area contributed by atoms with Gasteiger partial charge in [-0.15, -0.1) is 0 Å². The first-order valence-electron chi connectivity index (χ1n) is 8.09. The summed E-state index contributed by atoms with van der Waals surface area (Å²) < 4.78 is 13.3. The van der Waals surface area contributed by atoms with Crippen LogP contribution in [-0.4, -0.2) is 22.8 Å². The monoisotopic (exact) mass is 337 g/mol. The van der Waals surface area contributed by atoms with Crippen molar-refractivity contribution in [3.8, 4) is 0 Å². The fourth-order valence-electron chi connectivity index (χ4n) is 2.66. The van der Waals surface area contributed by atoms with Crippen molar-refractivity contribution >= 4 is 28.4 Å². The molecule has 6 heteroatoms. The molecule has 4 rings (SSSR count). The predicted octanol–water partition coefficient (Wildman–Crippen LogP) is 3.45. The Bertz CT molecular complexity index is 976. The highest BCUT2D eigenvalue weighted by molar-refractivity contribution is 6.06. The van der Waals surface area contributed by atoms with Crippen LogP contribution < -0.4 is 10.6 Å². The number of benzene rings is 2. The van der Waals surface area contributed by atoms with E-state index in [4.69, 9.17) is 0 Å². The molecule has 0 saturated heterocycles. The molecule has 0 aliphatic heterocycles. The number of halogens is 1. The number of H-pyrrole nitrogens is 1. The van der Waals surface area contributed by atoms with E-state index in [1.165, 1.54) is 12.1 Å². The van der Waals surface area contributed by atoms with Crippen LogP contribution in [0.3, 0.4) is 0 Å². The lowest BCUT2D eigenvalue weighted by molar-refractivity contribution is 0.0949. The summed E-state index contributed by atoms with van der Waals surface area (Å²) in [5, 5.41) is 6.29. The summed E-state index contributed by atoms with van der Waals surface area (Å²) >= 11 is 0. The van der Waals surface area contributed by atoms with Crippen molar-refractivity contribution in [3.05, 3.63) is 65.6 Å². The van der Waals surface area contributed by atoms with Crippen molar-refractivity contribution < 1.29 is 14.0 Å². The van der Waals surface area contributed by atoms with Gasteiger partial charge in [0.05, 0.1) is 0 Å². The molecule has 3 N–H and O–H groups in total. The Labute approximate surface area is 143 Å². The minimum Gasteiger partial charge on any atom is -0.351 e. The summed E-state index contributed by atoms with van der Waals surface area (Å²) in [6.45, 7) is 0. The molecule has 126 valence electrons. The van der Waals surface area contributed by atoms with E-state index in [1.54, 1.807) is 36.4 Å². The van der Waals surface area contributed by atoms with Crippen molar-refractivity contribution in [1.29, 1.82) is 0 Å². The maximum absolute atomic E-state index is 13.3. The molecule has 1 heterocycles. The summed E-state index contributed by atoms with van der Waals surface area (Å²) in [6, 6.07) is 12.9. The van der Waals surface area contributed by atoms with E-state index in [0.29, 0.717) is 27.8 Å². The van der Waals surface area contributed by atoms with Crippen LogP contribution >= 0.6 is 0 Å². The highest BCUT2D eigenvalue weighted by Crippen LogP contribution is 2.21. The summed E-state index contributed by atoms with van der Waals surface area (Å²) in [7, 11) is 0. The van der Waals surface area contributed by atoms with Gasteiger partial charge in [-0.3, -0.25) is 9.59 Å². The molecule has 2 amide bonds. The number of aromatic amines is 1. The van der Waals surface area contributed by atoms with Gasteiger partial charge in [-0.25, -0.2) is 4.39 Å². The lowest BCUT2D eigenvalue weighted by atomic mass is 10.2. The number of aromatic nitrogens is 1. The molecule has 0 unspecified atom stereocenters. The molecule has 3 aromatic rings. The van der Waals surface area contributed by atoms with Gasteiger partial charge in [0.15, 0.2) is 0 Å². The first-order chi connectivity index (χ1) is 12.1. The molecule has 0 atom stereocenters. The van der Waals surface area contributed by atoms with Crippen LogP contribution in [0.2, 0.25) is 0 Å². The molecule has 1 aromatic heterocycles. The van der Waals surface area contributed by atoms with E-state index in [-0.39, 0.29) is 23.7 Å². The van der Waals surface area contributed by atoms with Crippen molar-refractivity contribution in [2.24, 2.45) is 0 Å². The van der Waals surface area contributed by atoms with Crippen LogP contribution in [0.1, 0.15) is 33.7 Å². The van der Waals surface area contributed by atoms with Crippen molar-refractivity contribution in [2.45, 2.75) is 18.9 Å². The zero-order chi connectivity index (χ0) is 17.4. The number of nitrogens with one attached hydrogen (secondary N) is 3. The van der Waals surface area contributed by atoms with Gasteiger partial charge in [0.2, 0.25) is 0 Å². The number of rotatable bonds is 4. The lowest BCUT2D eigenvalue weighted by Crippen LogP contribution is -2.25. The highest BCUT2D eigenvalue weighted by atomic mass is 19.1. The van der Waals surface area contributed by atoms with Crippen LogP contribution in [0, 0.1) is 5.82 Å². The molecule has 25 heavy (non-hydrogen) atoms. The van der Waals surface area contributed by atoms with Gasteiger partial charge >= 0.3 is 0 Å². The molecular weight excluding hydrogens is 321 g/mol. The smallest absolute Gasteiger partial charge is 0.272 e. The zero-order valence-electron chi connectivity index (χ0n) is 13.3. The van der Waals surface area contributed by atoms with E-state index in [9.17, 15) is 14.0 Å². The maximum Gasteiger partial charge on any atom is 0.272 e. The first kappa shape index (κ1) is 15.4. The Balaban J connectivity index is 1.52. The molecule has 0 radical (unpaired) electrons. The summed E-state index contributed by atoms with van der Waals surface area (Å²) in [5.41, 5.74) is 2.04. The number of fused-ring (bicyclic) bond motifs is 1. The molecule has 1 aliphatic carbocycles. The SMILES string of the molecule is O=C(NC1CC1)c1cccc(NC(=O)c2cc3cc(F)ccc3[nH]2)c1. The number of anilines is 1. The summed E-state index contributed by atoms with van der Waals surface area (Å²) in [6.07, 6.45) is 2.03. The van der Waals surface area contributed by atoms with Crippen LogP contribution in [0.25, 0.3) is 10.9 Å². The van der Waals surface area contributed by atoms with Crippen molar-refractivity contribution in [2.75, 3.05) is 5.32 Å². The Kier molecular flexibility index (Phi) is 3.72. The van der Waals surface area contributed by atoms with Gasteiger partial charge < -0.3 is 15.6 Å². The molecule has 1 fully saturated rings. The molecule has 0 spiro atoms. The highest BCUT2D eigenvalue weighted by Gasteiger charge is 2.23. The second-order valence-electron chi connectivity index (χ2n) is 6.20. The molecule has 2 aromatic carbocycles. The number of hydrogen-bond donors (Lipinski definition) is 3. The second kappa shape index (κ2) is 6.05. The Morgan fingerprint density at radius 2 is 1.88 bits per heavy atom. The zero-order valence-corrected chi connectivity index (χ0v) is 13.3. The fraction of sp³-hybridized carbons (Fsp3) is 0.158. The van der Waals surface area contributed by atoms with E-state index < -0.39 is 0 Å². The molecular formula is C19H16FN3O2. The van der Waals surface area contributed by atoms with Crippen molar-refractivity contribution in [3.63, 3.8) is 0 Å². The van der Waals surface area contributed by atoms with Gasteiger partial charge in [0.25, 0.3) is 11.8 Å². The topological polar surface area (TPSA) is 74.0 Å². The number of amides is 2. The maximum atomic E-state index is 13.3. The number of hydrogen-bond acceptors (Lipinski definition) is 2. The third kappa shape index (κ3) is 3.38. The first-order valence-corrected chi connectivity index (χ1v) is 8.09. The van der Waals surface area contributed by atoms with Crippen LogP contribution in [0.4, 0.5) is 10.1 Å². The molecule has 1 aliphatic rings. The van der Waals surface area contributed by atoms with E-state index >= 15 is 0 Å². The Hall–Kier alpha value is -3.15. The standard InChI is InChI=1S/C19H16FN3O2/c20-13-4-7-16-12(8-13)10-17(23-16)19(25)22-15-3-1-2-11(9-15)18(24)21-14-5-6-14/h1-4,7-10,14,23H,5-6H2,(H,21,24)(H,22,25). The van der Waals surface area contributed by atoms with Gasteiger partial charge in [-0.05, 0) is 55.3 Å². The molecule has 0 bridgehead atoms. The van der Waals surface area contributed by atoms with Crippen molar-refractivity contribution in [1.82, 2.24) is 10.3 Å². The van der Waals surface area contributed by atoms with Gasteiger partial charge in [0.1, 0.15) is 11.5 Å². The molecule has 5 nitrogen and oxygen atoms in total. The van der Waals surface area contributed by atoms with E-state index in [2.05, 4.69) is 15.6 Å². The second-order valence-corrected chi connectivity index (χ2v) is 6.20. The Morgan fingerprint density at radius 1 is 1.04 bits per heavy atom. The summed E-state index contributed by atoms with van der Waals surface area (Å²) in [5.74, 6) is -0.844. The van der Waals surface area contributed by atoms with Crippen LogP contribution in [0.5, 0.6) is 0 Å². The predicted molar refractivity (Wildman–Crippen MR) is 93.1 cm³/mol. The average Bonchev–Trinajstić information content (AvgIpc) is 3.30. The quantitative estimate of drug-likeness (QED) is 0.682.